The highest BCUT2D eigenvalue weighted by Gasteiger charge is 2.35. The summed E-state index contributed by atoms with van der Waals surface area (Å²) in [6.45, 7) is 0. The van der Waals surface area contributed by atoms with E-state index < -0.39 is 23.3 Å². The monoisotopic (exact) mass is 459 g/mol. The lowest BCUT2D eigenvalue weighted by atomic mass is 9.92. The number of aromatic amines is 1. The molecule has 0 fully saturated rings. The minimum absolute atomic E-state index is 0.0598. The summed E-state index contributed by atoms with van der Waals surface area (Å²) in [6, 6.07) is 20.0. The van der Waals surface area contributed by atoms with Crippen LogP contribution in [-0.2, 0) is 9.59 Å². The van der Waals surface area contributed by atoms with E-state index in [4.69, 9.17) is 11.6 Å². The van der Waals surface area contributed by atoms with Gasteiger partial charge in [0.1, 0.15) is 5.82 Å². The molecule has 0 spiro atoms. The normalized spacial score (nSPS) is 14.9. The van der Waals surface area contributed by atoms with Crippen molar-refractivity contribution in [3.63, 3.8) is 0 Å². The average molecular weight is 460 g/mol. The van der Waals surface area contributed by atoms with Gasteiger partial charge in [0, 0.05) is 28.2 Å². The van der Waals surface area contributed by atoms with Gasteiger partial charge < -0.3 is 16.0 Å². The molecule has 4 N–H and O–H groups in total. The number of nitrogens with zero attached hydrogens (tertiary/aromatic N) is 1. The Labute approximate surface area is 193 Å². The van der Waals surface area contributed by atoms with Gasteiger partial charge in [-0.15, -0.1) is 0 Å². The summed E-state index contributed by atoms with van der Waals surface area (Å²) in [7, 11) is 0. The van der Waals surface area contributed by atoms with Crippen molar-refractivity contribution in [2.45, 2.75) is 12.3 Å². The molecule has 4 aromatic rings. The zero-order valence-corrected chi connectivity index (χ0v) is 17.9. The predicted octanol–water partition coefficient (Wildman–Crippen LogP) is 4.38. The molecule has 0 bridgehead atoms. The van der Waals surface area contributed by atoms with Crippen LogP contribution >= 0.6 is 11.6 Å². The number of carbonyl (C=O) groups is 2. The third-order valence-electron chi connectivity index (χ3n) is 5.42. The third-order valence-corrected chi connectivity index (χ3v) is 5.67. The number of amides is 2. The molecule has 164 valence electrons. The van der Waals surface area contributed by atoms with Crippen molar-refractivity contribution in [2.24, 2.45) is 0 Å². The second-order valence-electron chi connectivity index (χ2n) is 7.63. The van der Waals surface area contributed by atoms with E-state index in [1.165, 1.54) is 0 Å². The molecule has 1 aliphatic heterocycles. The van der Waals surface area contributed by atoms with Crippen molar-refractivity contribution in [1.82, 2.24) is 9.97 Å². The molecule has 33 heavy (non-hydrogen) atoms. The number of hydrogen-bond acceptors (Lipinski definition) is 5. The lowest BCUT2D eigenvalue weighted by Crippen LogP contribution is -2.36. The molecule has 2 amide bonds. The first kappa shape index (κ1) is 20.7. The van der Waals surface area contributed by atoms with Crippen LogP contribution in [-0.4, -0.2) is 21.8 Å². The summed E-state index contributed by atoms with van der Waals surface area (Å²) < 4.78 is 0. The van der Waals surface area contributed by atoms with Crippen LogP contribution in [0.5, 0.6) is 0 Å². The Bertz CT molecular complexity index is 1440. The highest BCUT2D eigenvalue weighted by atomic mass is 35.5. The van der Waals surface area contributed by atoms with Gasteiger partial charge in [-0.2, -0.15) is 4.98 Å². The Kier molecular flexibility index (Phi) is 5.27. The molecule has 1 aromatic heterocycles. The van der Waals surface area contributed by atoms with Crippen LogP contribution in [0.2, 0.25) is 5.02 Å². The lowest BCUT2D eigenvalue weighted by molar-refractivity contribution is -0.123. The maximum Gasteiger partial charge on any atom is 0.258 e. The Balaban J connectivity index is 1.46. The molecule has 2 heterocycles. The van der Waals surface area contributed by atoms with Crippen LogP contribution in [0, 0.1) is 0 Å². The molecule has 8 nitrogen and oxygen atoms in total. The van der Waals surface area contributed by atoms with Gasteiger partial charge in [0.2, 0.25) is 17.8 Å². The van der Waals surface area contributed by atoms with Gasteiger partial charge >= 0.3 is 0 Å². The number of nitrogens with one attached hydrogen (secondary N) is 4. The van der Waals surface area contributed by atoms with Gasteiger partial charge in [-0.05, 0) is 35.7 Å². The Morgan fingerprint density at radius 3 is 2.58 bits per heavy atom. The standard InChI is InChI=1S/C24H18ClN5O3/c25-14-8-10-15(11-9-14)26-24-29-21-20(23(33)30-24)17(12-19(31)28-21)22(32)27-18-7-3-5-13-4-1-2-6-16(13)18/h1-11,17H,12H2,(H,27,32)(H3,26,28,29,30,31,33)/t17-/m1/s1. The molecule has 0 saturated carbocycles. The molecule has 0 aliphatic carbocycles. The molecule has 0 saturated heterocycles. The van der Waals surface area contributed by atoms with E-state index in [2.05, 4.69) is 25.9 Å². The van der Waals surface area contributed by atoms with Gasteiger partial charge in [-0.1, -0.05) is 48.0 Å². The van der Waals surface area contributed by atoms with Crippen molar-refractivity contribution in [3.8, 4) is 0 Å². The summed E-state index contributed by atoms with van der Waals surface area (Å²) in [5, 5.41) is 10.8. The predicted molar refractivity (Wildman–Crippen MR) is 128 cm³/mol. The molecule has 9 heteroatoms. The molecule has 0 radical (unpaired) electrons. The second kappa shape index (κ2) is 8.40. The number of fused-ring (bicyclic) bond motifs is 2. The number of rotatable bonds is 4. The van der Waals surface area contributed by atoms with Crippen molar-refractivity contribution in [3.05, 3.63) is 87.7 Å². The fraction of sp³-hybridized carbons (Fsp3) is 0.0833. The lowest BCUT2D eigenvalue weighted by Gasteiger charge is -2.24. The van der Waals surface area contributed by atoms with Gasteiger partial charge in [-0.25, -0.2) is 0 Å². The molecule has 3 aromatic carbocycles. The maximum absolute atomic E-state index is 13.2. The topological polar surface area (TPSA) is 116 Å². The minimum atomic E-state index is -0.978. The van der Waals surface area contributed by atoms with Crippen LogP contribution in [0.4, 0.5) is 23.1 Å². The number of halogens is 1. The van der Waals surface area contributed by atoms with Crippen LogP contribution in [0.3, 0.4) is 0 Å². The molecule has 5 rings (SSSR count). The largest absolute Gasteiger partial charge is 0.326 e. The Hall–Kier alpha value is -4.17. The van der Waals surface area contributed by atoms with Crippen LogP contribution in [0.25, 0.3) is 10.8 Å². The molecule has 1 aliphatic rings. The molecular weight excluding hydrogens is 442 g/mol. The van der Waals surface area contributed by atoms with E-state index in [1.807, 2.05) is 36.4 Å². The van der Waals surface area contributed by atoms with Crippen LogP contribution in [0.15, 0.2) is 71.5 Å². The van der Waals surface area contributed by atoms with Crippen molar-refractivity contribution < 1.29 is 9.59 Å². The van der Waals surface area contributed by atoms with E-state index >= 15 is 0 Å². The fourth-order valence-corrected chi connectivity index (χ4v) is 4.00. The number of hydrogen-bond donors (Lipinski definition) is 4. The van der Waals surface area contributed by atoms with E-state index in [0.717, 1.165) is 10.8 Å². The van der Waals surface area contributed by atoms with Crippen LogP contribution in [0.1, 0.15) is 17.9 Å². The number of aromatic nitrogens is 2. The fourth-order valence-electron chi connectivity index (χ4n) is 3.88. The van der Waals surface area contributed by atoms with E-state index in [1.54, 1.807) is 30.3 Å². The second-order valence-corrected chi connectivity index (χ2v) is 8.07. The van der Waals surface area contributed by atoms with Crippen molar-refractivity contribution >= 4 is 57.3 Å². The third kappa shape index (κ3) is 4.16. The van der Waals surface area contributed by atoms with E-state index in [-0.39, 0.29) is 23.8 Å². The molecule has 0 unspecified atom stereocenters. The number of carbonyl (C=O) groups excluding carboxylic acids is 2. The quantitative estimate of drug-likeness (QED) is 0.361. The smallest absolute Gasteiger partial charge is 0.258 e. The minimum Gasteiger partial charge on any atom is -0.326 e. The highest BCUT2D eigenvalue weighted by Crippen LogP contribution is 2.31. The zero-order chi connectivity index (χ0) is 22.9. The maximum atomic E-state index is 13.2. The van der Waals surface area contributed by atoms with Crippen molar-refractivity contribution in [2.75, 3.05) is 16.0 Å². The summed E-state index contributed by atoms with van der Waals surface area (Å²) in [5.74, 6) is -1.63. The average Bonchev–Trinajstić information content (AvgIpc) is 2.80. The van der Waals surface area contributed by atoms with Gasteiger partial charge in [0.15, 0.2) is 0 Å². The van der Waals surface area contributed by atoms with Crippen molar-refractivity contribution in [1.29, 1.82) is 0 Å². The van der Waals surface area contributed by atoms with Crippen LogP contribution < -0.4 is 21.5 Å². The van der Waals surface area contributed by atoms with Gasteiger partial charge in [0.25, 0.3) is 5.56 Å². The van der Waals surface area contributed by atoms with Gasteiger partial charge in [-0.3, -0.25) is 19.4 Å². The zero-order valence-electron chi connectivity index (χ0n) is 17.2. The van der Waals surface area contributed by atoms with E-state index in [9.17, 15) is 14.4 Å². The summed E-state index contributed by atoms with van der Waals surface area (Å²) in [4.78, 5) is 45.4. The molecule has 1 atom stereocenters. The first-order chi connectivity index (χ1) is 16.0. The highest BCUT2D eigenvalue weighted by molar-refractivity contribution is 6.30. The summed E-state index contributed by atoms with van der Waals surface area (Å²) in [6.07, 6.45) is -0.154. The number of H-pyrrole nitrogens is 1. The number of benzene rings is 3. The van der Waals surface area contributed by atoms with E-state index in [0.29, 0.717) is 16.4 Å². The number of anilines is 4. The first-order valence-corrected chi connectivity index (χ1v) is 10.6. The summed E-state index contributed by atoms with van der Waals surface area (Å²) >= 11 is 5.90. The Morgan fingerprint density at radius 2 is 1.76 bits per heavy atom. The van der Waals surface area contributed by atoms with Gasteiger partial charge in [0.05, 0.1) is 11.5 Å². The first-order valence-electron chi connectivity index (χ1n) is 10.2. The molecular formula is C24H18ClN5O3. The summed E-state index contributed by atoms with van der Waals surface area (Å²) in [5.41, 5.74) is 0.870. The Morgan fingerprint density at radius 1 is 1.00 bits per heavy atom. The SMILES string of the molecule is O=C1C[C@@H](C(=O)Nc2cccc3ccccc23)c2c(nc(Nc3ccc(Cl)cc3)[nH]c2=O)N1.